The fourth-order valence-electron chi connectivity index (χ4n) is 2.18. The van der Waals surface area contributed by atoms with Crippen LogP contribution in [0.5, 0.6) is 11.5 Å². The summed E-state index contributed by atoms with van der Waals surface area (Å²) in [5.41, 5.74) is 1.22. The standard InChI is InChI=1S/C17H25NO2/c1-5-7-8-9-15(18-12-6-2)14-10-11-16(19-3)17(13-14)20-4/h1,10-11,13,15,18H,6-9,12H2,2-4H3. The first-order valence-electron chi connectivity index (χ1n) is 7.15. The molecule has 0 aromatic heterocycles. The van der Waals surface area contributed by atoms with E-state index in [0.717, 1.165) is 43.7 Å². The van der Waals surface area contributed by atoms with Crippen molar-refractivity contribution < 1.29 is 9.47 Å². The smallest absolute Gasteiger partial charge is 0.161 e. The largest absolute Gasteiger partial charge is 0.493 e. The van der Waals surface area contributed by atoms with Gasteiger partial charge in [0.1, 0.15) is 0 Å². The van der Waals surface area contributed by atoms with Gasteiger partial charge in [0.15, 0.2) is 11.5 Å². The number of rotatable bonds is 9. The van der Waals surface area contributed by atoms with Gasteiger partial charge in [0, 0.05) is 12.5 Å². The Kier molecular flexibility index (Phi) is 7.60. The van der Waals surface area contributed by atoms with Gasteiger partial charge in [0.25, 0.3) is 0 Å². The zero-order valence-corrected chi connectivity index (χ0v) is 12.7. The number of methoxy groups -OCH3 is 2. The van der Waals surface area contributed by atoms with E-state index >= 15 is 0 Å². The summed E-state index contributed by atoms with van der Waals surface area (Å²) in [6.45, 7) is 3.16. The molecule has 0 aliphatic heterocycles. The Morgan fingerprint density at radius 2 is 2.00 bits per heavy atom. The summed E-state index contributed by atoms with van der Waals surface area (Å²) in [5, 5.41) is 3.57. The normalized spacial score (nSPS) is 11.7. The number of unbranched alkanes of at least 4 members (excludes halogenated alkanes) is 1. The first-order valence-corrected chi connectivity index (χ1v) is 7.15. The Morgan fingerprint density at radius 1 is 1.25 bits per heavy atom. The van der Waals surface area contributed by atoms with E-state index < -0.39 is 0 Å². The van der Waals surface area contributed by atoms with Gasteiger partial charge in [-0.3, -0.25) is 0 Å². The van der Waals surface area contributed by atoms with Crippen molar-refractivity contribution in [2.24, 2.45) is 0 Å². The molecule has 0 fully saturated rings. The highest BCUT2D eigenvalue weighted by molar-refractivity contribution is 5.43. The molecule has 0 aliphatic carbocycles. The first kappa shape index (κ1) is 16.4. The molecule has 0 radical (unpaired) electrons. The third-order valence-corrected chi connectivity index (χ3v) is 3.26. The molecule has 3 heteroatoms. The summed E-state index contributed by atoms with van der Waals surface area (Å²) in [5.74, 6) is 4.23. The van der Waals surface area contributed by atoms with Gasteiger partial charge in [-0.2, -0.15) is 0 Å². The number of ether oxygens (including phenoxy) is 2. The van der Waals surface area contributed by atoms with Crippen molar-refractivity contribution >= 4 is 0 Å². The summed E-state index contributed by atoms with van der Waals surface area (Å²) >= 11 is 0. The van der Waals surface area contributed by atoms with Crippen molar-refractivity contribution in [1.29, 1.82) is 0 Å². The number of hydrogen-bond donors (Lipinski definition) is 1. The maximum absolute atomic E-state index is 5.37. The minimum atomic E-state index is 0.308. The second-order valence-corrected chi connectivity index (χ2v) is 4.72. The van der Waals surface area contributed by atoms with Crippen LogP contribution in [0.1, 0.15) is 44.2 Å². The maximum atomic E-state index is 5.37. The predicted octanol–water partition coefficient (Wildman–Crippen LogP) is 3.55. The van der Waals surface area contributed by atoms with Crippen LogP contribution in [0.25, 0.3) is 0 Å². The number of benzene rings is 1. The minimum absolute atomic E-state index is 0.308. The second kappa shape index (κ2) is 9.28. The molecule has 1 aromatic carbocycles. The summed E-state index contributed by atoms with van der Waals surface area (Å²) in [7, 11) is 3.31. The molecule has 0 amide bonds. The molecule has 3 nitrogen and oxygen atoms in total. The van der Waals surface area contributed by atoms with Gasteiger partial charge < -0.3 is 14.8 Å². The van der Waals surface area contributed by atoms with Crippen LogP contribution < -0.4 is 14.8 Å². The van der Waals surface area contributed by atoms with Crippen LogP contribution in [0.3, 0.4) is 0 Å². The summed E-state index contributed by atoms with van der Waals surface area (Å²) < 4.78 is 10.7. The Hall–Kier alpha value is -1.66. The van der Waals surface area contributed by atoms with Crippen LogP contribution in [0.15, 0.2) is 18.2 Å². The summed E-state index contributed by atoms with van der Waals surface area (Å²) in [4.78, 5) is 0. The van der Waals surface area contributed by atoms with Crippen molar-refractivity contribution in [3.63, 3.8) is 0 Å². The summed E-state index contributed by atoms with van der Waals surface area (Å²) in [6, 6.07) is 6.39. The molecule has 1 aromatic rings. The lowest BCUT2D eigenvalue weighted by Gasteiger charge is -2.20. The molecule has 1 unspecified atom stereocenters. The lowest BCUT2D eigenvalue weighted by atomic mass is 10.00. The van der Waals surface area contributed by atoms with Crippen molar-refractivity contribution in [2.75, 3.05) is 20.8 Å². The first-order chi connectivity index (χ1) is 9.76. The second-order valence-electron chi connectivity index (χ2n) is 4.72. The van der Waals surface area contributed by atoms with E-state index in [2.05, 4.69) is 24.2 Å². The number of nitrogens with one attached hydrogen (secondary N) is 1. The van der Waals surface area contributed by atoms with Crippen molar-refractivity contribution in [1.82, 2.24) is 5.32 Å². The third kappa shape index (κ3) is 4.79. The van der Waals surface area contributed by atoms with E-state index in [9.17, 15) is 0 Å². The molecule has 1 atom stereocenters. The molecule has 110 valence electrons. The van der Waals surface area contributed by atoms with Crippen LogP contribution in [0, 0.1) is 12.3 Å². The average molecular weight is 275 g/mol. The SMILES string of the molecule is C#CCCCC(NCCC)c1ccc(OC)c(OC)c1. The Bertz CT molecular complexity index is 437. The lowest BCUT2D eigenvalue weighted by Crippen LogP contribution is -2.22. The predicted molar refractivity (Wildman–Crippen MR) is 83.3 cm³/mol. The third-order valence-electron chi connectivity index (χ3n) is 3.26. The molecule has 0 spiro atoms. The van der Waals surface area contributed by atoms with Gasteiger partial charge >= 0.3 is 0 Å². The van der Waals surface area contributed by atoms with Crippen molar-refractivity contribution in [3.05, 3.63) is 23.8 Å². The molecule has 0 bridgehead atoms. The van der Waals surface area contributed by atoms with E-state index in [1.165, 1.54) is 5.56 Å². The molecule has 1 N–H and O–H groups in total. The molecular weight excluding hydrogens is 250 g/mol. The van der Waals surface area contributed by atoms with Gasteiger partial charge in [-0.1, -0.05) is 13.0 Å². The molecule has 1 rings (SSSR count). The number of hydrogen-bond acceptors (Lipinski definition) is 3. The molecule has 0 saturated carbocycles. The quantitative estimate of drug-likeness (QED) is 0.552. The molecule has 20 heavy (non-hydrogen) atoms. The van der Waals surface area contributed by atoms with Crippen LogP contribution in [0.2, 0.25) is 0 Å². The molecule has 0 heterocycles. The van der Waals surface area contributed by atoms with Crippen LogP contribution in [0.4, 0.5) is 0 Å². The van der Waals surface area contributed by atoms with Gasteiger partial charge in [-0.25, -0.2) is 0 Å². The fourth-order valence-corrected chi connectivity index (χ4v) is 2.18. The Morgan fingerprint density at radius 3 is 2.60 bits per heavy atom. The monoisotopic (exact) mass is 275 g/mol. The van der Waals surface area contributed by atoms with Gasteiger partial charge in [-0.05, 0) is 43.5 Å². The van der Waals surface area contributed by atoms with Crippen molar-refractivity contribution in [3.8, 4) is 23.8 Å². The van der Waals surface area contributed by atoms with Gasteiger partial charge in [-0.15, -0.1) is 12.3 Å². The Labute approximate surface area is 122 Å². The van der Waals surface area contributed by atoms with Crippen LogP contribution in [-0.2, 0) is 0 Å². The van der Waals surface area contributed by atoms with E-state index in [-0.39, 0.29) is 0 Å². The van der Waals surface area contributed by atoms with E-state index in [1.807, 2.05) is 12.1 Å². The van der Waals surface area contributed by atoms with Crippen LogP contribution in [-0.4, -0.2) is 20.8 Å². The maximum Gasteiger partial charge on any atom is 0.161 e. The highest BCUT2D eigenvalue weighted by Gasteiger charge is 2.13. The molecule has 0 aliphatic rings. The summed E-state index contributed by atoms with van der Waals surface area (Å²) in [6.07, 6.45) is 9.30. The van der Waals surface area contributed by atoms with Crippen molar-refractivity contribution in [2.45, 2.75) is 38.6 Å². The highest BCUT2D eigenvalue weighted by Crippen LogP contribution is 2.31. The number of terminal acetylenes is 1. The highest BCUT2D eigenvalue weighted by atomic mass is 16.5. The molecule has 0 saturated heterocycles. The molecular formula is C17H25NO2. The van der Waals surface area contributed by atoms with Gasteiger partial charge in [0.2, 0.25) is 0 Å². The average Bonchev–Trinajstić information content (AvgIpc) is 2.50. The lowest BCUT2D eigenvalue weighted by molar-refractivity contribution is 0.353. The zero-order chi connectivity index (χ0) is 14.8. The van der Waals surface area contributed by atoms with E-state index in [4.69, 9.17) is 15.9 Å². The van der Waals surface area contributed by atoms with E-state index in [0.29, 0.717) is 6.04 Å². The van der Waals surface area contributed by atoms with Crippen LogP contribution >= 0.6 is 0 Å². The zero-order valence-electron chi connectivity index (χ0n) is 12.7. The van der Waals surface area contributed by atoms with E-state index in [1.54, 1.807) is 14.2 Å². The van der Waals surface area contributed by atoms with Gasteiger partial charge in [0.05, 0.1) is 14.2 Å². The Balaban J connectivity index is 2.85. The topological polar surface area (TPSA) is 30.5 Å². The minimum Gasteiger partial charge on any atom is -0.493 e. The fraction of sp³-hybridized carbons (Fsp3) is 0.529.